The van der Waals surface area contributed by atoms with Crippen molar-refractivity contribution in [2.45, 2.75) is 78.1 Å². The summed E-state index contributed by atoms with van der Waals surface area (Å²) in [5.41, 5.74) is 2.05. The predicted octanol–water partition coefficient (Wildman–Crippen LogP) is 6.39. The fourth-order valence-electron chi connectivity index (χ4n) is 3.03. The Morgan fingerprint density at radius 1 is 0.733 bits per heavy atom. The lowest BCUT2D eigenvalue weighted by Gasteiger charge is -2.11. The summed E-state index contributed by atoms with van der Waals surface area (Å²) in [7, 11) is 0. The van der Waals surface area contributed by atoms with E-state index < -0.39 is 11.9 Å². The zero-order chi connectivity index (χ0) is 22.2. The molecule has 6 heteroatoms. The molecule has 0 fully saturated rings. The van der Waals surface area contributed by atoms with Crippen LogP contribution in [0, 0.1) is 0 Å². The summed E-state index contributed by atoms with van der Waals surface area (Å²) in [6.45, 7) is 4.24. The Balaban J connectivity index is 2.82. The van der Waals surface area contributed by atoms with Gasteiger partial charge >= 0.3 is 11.9 Å². The zero-order valence-electron chi connectivity index (χ0n) is 18.2. The van der Waals surface area contributed by atoms with Crippen molar-refractivity contribution in [2.24, 2.45) is 0 Å². The molecule has 1 aromatic carbocycles. The molecule has 0 aliphatic carbocycles. The van der Waals surface area contributed by atoms with E-state index in [9.17, 15) is 19.8 Å². The van der Waals surface area contributed by atoms with E-state index in [1.165, 1.54) is 12.4 Å². The first kappa shape index (κ1) is 25.3. The van der Waals surface area contributed by atoms with Gasteiger partial charge in [-0.2, -0.15) is 0 Å². The van der Waals surface area contributed by atoms with Crippen LogP contribution in [-0.2, 0) is 9.59 Å². The molecular weight excluding hydrogens is 380 g/mol. The smallest absolute Gasteiger partial charge is 0.333 e. The Kier molecular flexibility index (Phi) is 12.7. The minimum Gasteiger partial charge on any atom is -0.478 e. The first-order chi connectivity index (χ1) is 14.5. The SMILES string of the molecule is CCCCCC/C(=C/Nc1ccccc1N/C=C(/CCCCCC)C(=O)O)C(=O)O. The van der Waals surface area contributed by atoms with Gasteiger partial charge in [-0.05, 0) is 37.8 Å². The summed E-state index contributed by atoms with van der Waals surface area (Å²) in [4.78, 5) is 23.0. The Bertz CT molecular complexity index is 665. The lowest BCUT2D eigenvalue weighted by Crippen LogP contribution is -2.06. The van der Waals surface area contributed by atoms with Crippen LogP contribution in [0.1, 0.15) is 78.1 Å². The molecule has 0 bridgehead atoms. The molecule has 0 amide bonds. The van der Waals surface area contributed by atoms with Crippen molar-refractivity contribution >= 4 is 23.3 Å². The van der Waals surface area contributed by atoms with Crippen LogP contribution in [-0.4, -0.2) is 22.2 Å². The molecule has 0 spiro atoms. The third kappa shape index (κ3) is 10.1. The van der Waals surface area contributed by atoms with E-state index in [4.69, 9.17) is 0 Å². The summed E-state index contributed by atoms with van der Waals surface area (Å²) in [5.74, 6) is -1.85. The third-order valence-corrected chi connectivity index (χ3v) is 4.88. The molecule has 1 rings (SSSR count). The third-order valence-electron chi connectivity index (χ3n) is 4.88. The van der Waals surface area contributed by atoms with E-state index in [1.807, 2.05) is 24.3 Å². The van der Waals surface area contributed by atoms with Crippen LogP contribution in [0.5, 0.6) is 0 Å². The van der Waals surface area contributed by atoms with Crippen molar-refractivity contribution in [3.8, 4) is 0 Å². The van der Waals surface area contributed by atoms with Crippen molar-refractivity contribution in [1.82, 2.24) is 0 Å². The molecule has 0 aliphatic rings. The number of aliphatic carboxylic acids is 2. The van der Waals surface area contributed by atoms with Crippen molar-refractivity contribution in [3.63, 3.8) is 0 Å². The second kappa shape index (κ2) is 15.1. The standard InChI is InChI=1S/C24H36N2O4/c1-3-5-7-9-13-19(23(27)28)17-25-21-15-11-12-16-22(21)26-18-20(24(29)30)14-10-8-6-4-2/h11-12,15-18,25-26H,3-10,13-14H2,1-2H3,(H,27,28)(H,29,30)/b19-17-,20-18-. The lowest BCUT2D eigenvalue weighted by atomic mass is 10.1. The molecule has 166 valence electrons. The predicted molar refractivity (Wildman–Crippen MR) is 123 cm³/mol. The topological polar surface area (TPSA) is 98.7 Å². The first-order valence-electron chi connectivity index (χ1n) is 11.0. The molecular formula is C24H36N2O4. The molecule has 0 atom stereocenters. The highest BCUT2D eigenvalue weighted by molar-refractivity contribution is 5.88. The first-order valence-corrected chi connectivity index (χ1v) is 11.0. The molecule has 30 heavy (non-hydrogen) atoms. The van der Waals surface area contributed by atoms with E-state index in [2.05, 4.69) is 24.5 Å². The van der Waals surface area contributed by atoms with Crippen LogP contribution >= 0.6 is 0 Å². The van der Waals surface area contributed by atoms with Gasteiger partial charge in [-0.3, -0.25) is 0 Å². The Labute approximate surface area is 180 Å². The second-order valence-corrected chi connectivity index (χ2v) is 7.41. The van der Waals surface area contributed by atoms with Crippen molar-refractivity contribution in [2.75, 3.05) is 10.6 Å². The maximum absolute atomic E-state index is 11.5. The van der Waals surface area contributed by atoms with Gasteiger partial charge in [-0.15, -0.1) is 0 Å². The highest BCUT2D eigenvalue weighted by atomic mass is 16.4. The van der Waals surface area contributed by atoms with Crippen molar-refractivity contribution in [1.29, 1.82) is 0 Å². The van der Waals surface area contributed by atoms with E-state index in [1.54, 1.807) is 0 Å². The van der Waals surface area contributed by atoms with Gasteiger partial charge in [0.05, 0.1) is 22.5 Å². The van der Waals surface area contributed by atoms with Crippen molar-refractivity contribution in [3.05, 3.63) is 47.8 Å². The average molecular weight is 417 g/mol. The van der Waals surface area contributed by atoms with Gasteiger partial charge in [-0.1, -0.05) is 64.5 Å². The Morgan fingerprint density at radius 3 is 1.47 bits per heavy atom. The van der Waals surface area contributed by atoms with Gasteiger partial charge in [0.25, 0.3) is 0 Å². The number of nitrogens with one attached hydrogen (secondary N) is 2. The maximum atomic E-state index is 11.5. The summed E-state index contributed by atoms with van der Waals surface area (Å²) >= 11 is 0. The quantitative estimate of drug-likeness (QED) is 0.184. The number of carboxylic acid groups (broad SMARTS) is 2. The molecule has 4 N–H and O–H groups in total. The van der Waals surface area contributed by atoms with Crippen LogP contribution in [0.15, 0.2) is 47.8 Å². The normalized spacial score (nSPS) is 11.9. The van der Waals surface area contributed by atoms with E-state index in [-0.39, 0.29) is 0 Å². The van der Waals surface area contributed by atoms with E-state index >= 15 is 0 Å². The van der Waals surface area contributed by atoms with Gasteiger partial charge in [0.2, 0.25) is 0 Å². The fourth-order valence-corrected chi connectivity index (χ4v) is 3.03. The van der Waals surface area contributed by atoms with Gasteiger partial charge in [0.15, 0.2) is 0 Å². The number of carboxylic acids is 2. The highest BCUT2D eigenvalue weighted by Gasteiger charge is 2.09. The molecule has 0 aliphatic heterocycles. The number of carbonyl (C=O) groups is 2. The lowest BCUT2D eigenvalue weighted by molar-refractivity contribution is -0.133. The summed E-state index contributed by atoms with van der Waals surface area (Å²) < 4.78 is 0. The number of benzene rings is 1. The Morgan fingerprint density at radius 2 is 1.13 bits per heavy atom. The van der Waals surface area contributed by atoms with Crippen LogP contribution in [0.3, 0.4) is 0 Å². The van der Waals surface area contributed by atoms with Gasteiger partial charge in [-0.25, -0.2) is 9.59 Å². The number of anilines is 2. The van der Waals surface area contributed by atoms with Gasteiger partial charge in [0.1, 0.15) is 0 Å². The molecule has 0 aromatic heterocycles. The monoisotopic (exact) mass is 416 g/mol. The summed E-state index contributed by atoms with van der Waals surface area (Å²) in [5, 5.41) is 25.0. The van der Waals surface area contributed by atoms with Crippen molar-refractivity contribution < 1.29 is 19.8 Å². The van der Waals surface area contributed by atoms with Gasteiger partial charge < -0.3 is 20.8 Å². The van der Waals surface area contributed by atoms with Crippen LogP contribution < -0.4 is 10.6 Å². The van der Waals surface area contributed by atoms with E-state index in [0.29, 0.717) is 35.4 Å². The molecule has 6 nitrogen and oxygen atoms in total. The molecule has 0 saturated heterocycles. The van der Waals surface area contributed by atoms with Crippen LogP contribution in [0.2, 0.25) is 0 Å². The molecule has 0 unspecified atom stereocenters. The van der Waals surface area contributed by atoms with Crippen LogP contribution in [0.4, 0.5) is 11.4 Å². The maximum Gasteiger partial charge on any atom is 0.333 e. The molecule has 1 aromatic rings. The summed E-state index contributed by atoms with van der Waals surface area (Å²) in [6.07, 6.45) is 12.2. The number of rotatable bonds is 16. The minimum atomic E-state index is -0.926. The minimum absolute atomic E-state index is 0.332. The Hall–Kier alpha value is -2.76. The molecule has 0 saturated carbocycles. The summed E-state index contributed by atoms with van der Waals surface area (Å²) in [6, 6.07) is 7.33. The zero-order valence-corrected chi connectivity index (χ0v) is 18.2. The molecule has 0 heterocycles. The van der Waals surface area contributed by atoms with Crippen LogP contribution in [0.25, 0.3) is 0 Å². The number of hydrogen-bond acceptors (Lipinski definition) is 4. The van der Waals surface area contributed by atoms with E-state index in [0.717, 1.165) is 51.4 Å². The molecule has 0 radical (unpaired) electrons. The number of para-hydroxylation sites is 2. The fraction of sp³-hybridized carbons (Fsp3) is 0.500. The largest absolute Gasteiger partial charge is 0.478 e. The average Bonchev–Trinajstić information content (AvgIpc) is 2.72. The number of hydrogen-bond donors (Lipinski definition) is 4. The number of unbranched alkanes of at least 4 members (excludes halogenated alkanes) is 6. The second-order valence-electron chi connectivity index (χ2n) is 7.41. The highest BCUT2D eigenvalue weighted by Crippen LogP contribution is 2.23. The van der Waals surface area contributed by atoms with Gasteiger partial charge in [0, 0.05) is 12.4 Å².